The summed E-state index contributed by atoms with van der Waals surface area (Å²) in [5.41, 5.74) is 1.45. The lowest BCUT2D eigenvalue weighted by Crippen LogP contribution is -1.94. The minimum absolute atomic E-state index is 0.0812. The Kier molecular flexibility index (Phi) is 3.19. The van der Waals surface area contributed by atoms with Crippen LogP contribution in [-0.4, -0.2) is 13.1 Å². The molecule has 0 aliphatic rings. The van der Waals surface area contributed by atoms with Crippen LogP contribution < -0.4 is 4.74 Å². The summed E-state index contributed by atoms with van der Waals surface area (Å²) in [6.07, 6.45) is 0. The first kappa shape index (κ1) is 11.3. The van der Waals surface area contributed by atoms with Crippen molar-refractivity contribution in [1.29, 1.82) is 0 Å². The van der Waals surface area contributed by atoms with Crippen molar-refractivity contribution in [3.8, 4) is 16.9 Å². The number of ether oxygens (including phenoxy) is 1. The molecule has 0 saturated carbocycles. The van der Waals surface area contributed by atoms with Crippen molar-refractivity contribution in [2.45, 2.75) is 0 Å². The molecule has 0 N–H and O–H groups in total. The van der Waals surface area contributed by atoms with Crippen molar-refractivity contribution in [2.24, 2.45) is 0 Å². The average Bonchev–Trinajstić information content (AvgIpc) is 2.39. The summed E-state index contributed by atoms with van der Waals surface area (Å²) in [6.45, 7) is 0. The molecule has 0 spiro atoms. The fraction of sp³-hybridized carbons (Fsp3) is 0.0714. The highest BCUT2D eigenvalue weighted by molar-refractivity contribution is 5.96. The van der Waals surface area contributed by atoms with Gasteiger partial charge in [-0.15, -0.1) is 0 Å². The highest BCUT2D eigenvalue weighted by atomic mass is 19.1. The van der Waals surface area contributed by atoms with E-state index in [1.807, 2.05) is 0 Å². The quantitative estimate of drug-likeness (QED) is 0.754. The van der Waals surface area contributed by atoms with Gasteiger partial charge in [-0.1, -0.05) is 30.3 Å². The second kappa shape index (κ2) is 4.78. The molecule has 0 radical (unpaired) electrons. The third-order valence-electron chi connectivity index (χ3n) is 2.54. The molecule has 0 aliphatic carbocycles. The fourth-order valence-corrected chi connectivity index (χ4v) is 1.68. The Hall–Kier alpha value is -2.16. The van der Waals surface area contributed by atoms with Crippen LogP contribution in [0, 0.1) is 0 Å². The largest absolute Gasteiger partial charge is 0.497 e. The summed E-state index contributed by atoms with van der Waals surface area (Å²) < 4.78 is 17.9. The molecule has 2 rings (SSSR count). The van der Waals surface area contributed by atoms with E-state index in [1.165, 1.54) is 6.07 Å². The number of rotatable bonds is 3. The normalized spacial score (nSPS) is 10.0. The van der Waals surface area contributed by atoms with E-state index in [2.05, 4.69) is 0 Å². The summed E-state index contributed by atoms with van der Waals surface area (Å²) in [5.74, 6) is 0.720. The molecule has 86 valence electrons. The topological polar surface area (TPSA) is 26.3 Å². The van der Waals surface area contributed by atoms with E-state index in [0.717, 1.165) is 11.3 Å². The highest BCUT2D eigenvalue weighted by Crippen LogP contribution is 2.26. The van der Waals surface area contributed by atoms with Crippen LogP contribution in [0.4, 0.5) is 4.39 Å². The zero-order valence-corrected chi connectivity index (χ0v) is 9.31. The van der Waals surface area contributed by atoms with Crippen molar-refractivity contribution >= 4 is 6.04 Å². The molecule has 0 bridgehead atoms. The van der Waals surface area contributed by atoms with Crippen LogP contribution in [0.15, 0.2) is 48.5 Å². The molecule has 0 amide bonds. The minimum Gasteiger partial charge on any atom is -0.497 e. The summed E-state index contributed by atoms with van der Waals surface area (Å²) >= 11 is 0. The second-order valence-electron chi connectivity index (χ2n) is 3.55. The summed E-state index contributed by atoms with van der Waals surface area (Å²) in [4.78, 5) is 10.9. The van der Waals surface area contributed by atoms with Gasteiger partial charge < -0.3 is 4.74 Å². The van der Waals surface area contributed by atoms with Crippen molar-refractivity contribution < 1.29 is 13.9 Å². The number of halogens is 1. The minimum atomic E-state index is -1.42. The maximum absolute atomic E-state index is 12.9. The smallest absolute Gasteiger partial charge is 0.332 e. The molecule has 0 aromatic heterocycles. The fourth-order valence-electron chi connectivity index (χ4n) is 1.68. The Labute approximate surface area is 98.7 Å². The monoisotopic (exact) mass is 230 g/mol. The average molecular weight is 230 g/mol. The zero-order chi connectivity index (χ0) is 12.3. The Morgan fingerprint density at radius 1 is 1.06 bits per heavy atom. The van der Waals surface area contributed by atoms with Gasteiger partial charge >= 0.3 is 6.04 Å². The predicted octanol–water partition coefficient (Wildman–Crippen LogP) is 3.47. The molecule has 17 heavy (non-hydrogen) atoms. The number of benzene rings is 2. The first-order chi connectivity index (χ1) is 8.22. The predicted molar refractivity (Wildman–Crippen MR) is 63.9 cm³/mol. The number of hydrogen-bond acceptors (Lipinski definition) is 2. The van der Waals surface area contributed by atoms with E-state index >= 15 is 0 Å². The van der Waals surface area contributed by atoms with Crippen LogP contribution in [0.25, 0.3) is 11.1 Å². The van der Waals surface area contributed by atoms with Gasteiger partial charge in [-0.3, -0.25) is 4.79 Å². The molecule has 2 nitrogen and oxygen atoms in total. The van der Waals surface area contributed by atoms with E-state index in [4.69, 9.17) is 4.74 Å². The van der Waals surface area contributed by atoms with Gasteiger partial charge in [0.05, 0.1) is 12.7 Å². The Morgan fingerprint density at radius 2 is 1.71 bits per heavy atom. The Morgan fingerprint density at radius 3 is 2.29 bits per heavy atom. The van der Waals surface area contributed by atoms with E-state index < -0.39 is 6.04 Å². The second-order valence-corrected chi connectivity index (χ2v) is 3.55. The van der Waals surface area contributed by atoms with Gasteiger partial charge in [0.25, 0.3) is 0 Å². The lowest BCUT2D eigenvalue weighted by atomic mass is 10.00. The van der Waals surface area contributed by atoms with E-state index in [1.54, 1.807) is 49.6 Å². The Balaban J connectivity index is 2.48. The SMILES string of the molecule is COc1ccc(-c2ccccc2C(=O)F)cc1. The molecule has 0 fully saturated rings. The molecule has 0 saturated heterocycles. The van der Waals surface area contributed by atoms with Crippen molar-refractivity contribution in [1.82, 2.24) is 0 Å². The van der Waals surface area contributed by atoms with Crippen LogP contribution in [0.5, 0.6) is 5.75 Å². The maximum Gasteiger partial charge on any atom is 0.332 e. The van der Waals surface area contributed by atoms with Crippen molar-refractivity contribution in [2.75, 3.05) is 7.11 Å². The molecular formula is C14H11FO2. The first-order valence-electron chi connectivity index (χ1n) is 5.15. The van der Waals surface area contributed by atoms with Gasteiger partial charge in [-0.05, 0) is 29.3 Å². The van der Waals surface area contributed by atoms with E-state index in [-0.39, 0.29) is 5.56 Å². The van der Waals surface area contributed by atoms with Crippen molar-refractivity contribution in [3.63, 3.8) is 0 Å². The van der Waals surface area contributed by atoms with Gasteiger partial charge in [0.15, 0.2) is 0 Å². The number of methoxy groups -OCH3 is 1. The van der Waals surface area contributed by atoms with Gasteiger partial charge in [0, 0.05) is 0 Å². The molecule has 0 aliphatic heterocycles. The lowest BCUT2D eigenvalue weighted by molar-refractivity contribution is 0.0836. The Bertz CT molecular complexity index is 532. The van der Waals surface area contributed by atoms with Crippen LogP contribution in [0.1, 0.15) is 10.4 Å². The number of carbonyl (C=O) groups excluding carboxylic acids is 1. The number of carbonyl (C=O) groups is 1. The van der Waals surface area contributed by atoms with E-state index in [0.29, 0.717) is 5.56 Å². The molecular weight excluding hydrogens is 219 g/mol. The third kappa shape index (κ3) is 2.33. The molecule has 0 atom stereocenters. The van der Waals surface area contributed by atoms with Gasteiger partial charge in [-0.25, -0.2) is 0 Å². The zero-order valence-electron chi connectivity index (χ0n) is 9.31. The van der Waals surface area contributed by atoms with Crippen LogP contribution in [0.3, 0.4) is 0 Å². The van der Waals surface area contributed by atoms with Crippen LogP contribution >= 0.6 is 0 Å². The van der Waals surface area contributed by atoms with Crippen LogP contribution in [-0.2, 0) is 0 Å². The maximum atomic E-state index is 12.9. The van der Waals surface area contributed by atoms with Gasteiger partial charge in [-0.2, -0.15) is 4.39 Å². The molecule has 2 aromatic carbocycles. The summed E-state index contributed by atoms with van der Waals surface area (Å²) in [6, 6.07) is 12.3. The number of hydrogen-bond donors (Lipinski definition) is 0. The van der Waals surface area contributed by atoms with E-state index in [9.17, 15) is 9.18 Å². The molecule has 0 heterocycles. The van der Waals surface area contributed by atoms with Crippen molar-refractivity contribution in [3.05, 3.63) is 54.1 Å². The van der Waals surface area contributed by atoms with Crippen LogP contribution in [0.2, 0.25) is 0 Å². The lowest BCUT2D eigenvalue weighted by Gasteiger charge is -2.06. The van der Waals surface area contributed by atoms with Gasteiger partial charge in [0.1, 0.15) is 5.75 Å². The molecule has 2 aromatic rings. The standard InChI is InChI=1S/C14H11FO2/c1-17-11-8-6-10(7-9-11)12-4-2-3-5-13(12)14(15)16/h2-9H,1H3. The summed E-state index contributed by atoms with van der Waals surface area (Å²) in [5, 5.41) is 0. The third-order valence-corrected chi connectivity index (χ3v) is 2.54. The first-order valence-corrected chi connectivity index (χ1v) is 5.15. The van der Waals surface area contributed by atoms with Gasteiger partial charge in [0.2, 0.25) is 0 Å². The molecule has 3 heteroatoms. The molecule has 0 unspecified atom stereocenters. The highest BCUT2D eigenvalue weighted by Gasteiger charge is 2.10. The summed E-state index contributed by atoms with van der Waals surface area (Å²) in [7, 11) is 1.58.